The van der Waals surface area contributed by atoms with Crippen LogP contribution in [0.15, 0.2) is 47.4 Å². The molecule has 0 bridgehead atoms. The molecule has 5 nitrogen and oxygen atoms in total. The third kappa shape index (κ3) is 2.94. The van der Waals surface area contributed by atoms with Crippen LogP contribution in [0.5, 0.6) is 0 Å². The molecule has 0 aromatic heterocycles. The summed E-state index contributed by atoms with van der Waals surface area (Å²) in [6.45, 7) is 0. The number of sulfonamides is 1. The van der Waals surface area contributed by atoms with Gasteiger partial charge in [0.2, 0.25) is 0 Å². The van der Waals surface area contributed by atoms with Crippen molar-refractivity contribution in [3.63, 3.8) is 0 Å². The van der Waals surface area contributed by atoms with E-state index in [-0.39, 0.29) is 4.90 Å². The van der Waals surface area contributed by atoms with Gasteiger partial charge in [-0.1, -0.05) is 11.6 Å². The van der Waals surface area contributed by atoms with Gasteiger partial charge in [-0.25, -0.2) is 8.42 Å². The lowest BCUT2D eigenvalue weighted by Crippen LogP contribution is -2.27. The number of rotatable bonds is 3. The number of nitrogen functional groups attached to an aromatic ring is 1. The number of halogens is 1. The van der Waals surface area contributed by atoms with E-state index in [1.54, 1.807) is 12.1 Å². The second-order valence-electron chi connectivity index (χ2n) is 4.31. The summed E-state index contributed by atoms with van der Waals surface area (Å²) in [5.74, 6) is 0. The number of nitrogens with zero attached hydrogens (tertiary/aromatic N) is 2. The summed E-state index contributed by atoms with van der Waals surface area (Å²) in [4.78, 5) is 0.0726. The molecule has 0 aliphatic carbocycles. The molecule has 2 aromatic carbocycles. The summed E-state index contributed by atoms with van der Waals surface area (Å²) in [5, 5.41) is 9.13. The highest BCUT2D eigenvalue weighted by atomic mass is 35.5. The number of hydrogen-bond donors (Lipinski definition) is 1. The minimum Gasteiger partial charge on any atom is -0.397 e. The van der Waals surface area contributed by atoms with Crippen molar-refractivity contribution in [3.8, 4) is 6.07 Å². The molecule has 0 fully saturated rings. The average molecular weight is 322 g/mol. The van der Waals surface area contributed by atoms with Gasteiger partial charge < -0.3 is 5.73 Å². The Kier molecular flexibility index (Phi) is 4.07. The lowest BCUT2D eigenvalue weighted by atomic mass is 10.2. The van der Waals surface area contributed by atoms with Gasteiger partial charge in [-0.3, -0.25) is 4.31 Å². The van der Waals surface area contributed by atoms with Crippen molar-refractivity contribution in [1.29, 1.82) is 5.26 Å². The standard InChI is InChI=1S/C14H12ClN3O2S/c1-18(14-8-11(15)4-7-13(14)17)21(19,20)12-5-2-10(9-16)3-6-12/h2-8H,17H2,1H3. The molecule has 0 saturated carbocycles. The van der Waals surface area contributed by atoms with E-state index in [1.807, 2.05) is 6.07 Å². The zero-order valence-electron chi connectivity index (χ0n) is 11.1. The summed E-state index contributed by atoms with van der Waals surface area (Å²) in [5.41, 5.74) is 6.79. The zero-order chi connectivity index (χ0) is 15.6. The SMILES string of the molecule is CN(c1cc(Cl)ccc1N)S(=O)(=O)c1ccc(C#N)cc1. The molecule has 7 heteroatoms. The van der Waals surface area contributed by atoms with Crippen LogP contribution >= 0.6 is 11.6 Å². The maximum Gasteiger partial charge on any atom is 0.264 e. The van der Waals surface area contributed by atoms with Gasteiger partial charge in [0.1, 0.15) is 0 Å². The van der Waals surface area contributed by atoms with Crippen LogP contribution in [-0.4, -0.2) is 15.5 Å². The summed E-state index contributed by atoms with van der Waals surface area (Å²) in [6, 6.07) is 12.2. The normalized spacial score (nSPS) is 10.9. The molecule has 0 saturated heterocycles. The van der Waals surface area contributed by atoms with E-state index in [1.165, 1.54) is 37.4 Å². The summed E-state index contributed by atoms with van der Waals surface area (Å²) < 4.78 is 26.1. The number of nitriles is 1. The van der Waals surface area contributed by atoms with Gasteiger partial charge in [-0.2, -0.15) is 5.26 Å². The molecule has 0 heterocycles. The molecule has 0 aliphatic heterocycles. The van der Waals surface area contributed by atoms with Crippen LogP contribution in [0.1, 0.15) is 5.56 Å². The third-order valence-corrected chi connectivity index (χ3v) is 4.99. The predicted molar refractivity (Wildman–Crippen MR) is 82.6 cm³/mol. The zero-order valence-corrected chi connectivity index (χ0v) is 12.7. The average Bonchev–Trinajstić information content (AvgIpc) is 2.49. The van der Waals surface area contributed by atoms with Crippen LogP contribution in [-0.2, 0) is 10.0 Å². The second-order valence-corrected chi connectivity index (χ2v) is 6.72. The highest BCUT2D eigenvalue weighted by Gasteiger charge is 2.23. The fourth-order valence-electron chi connectivity index (χ4n) is 1.78. The molecular weight excluding hydrogens is 310 g/mol. The van der Waals surface area contributed by atoms with Gasteiger partial charge >= 0.3 is 0 Å². The fraction of sp³-hybridized carbons (Fsp3) is 0.0714. The molecule has 2 aromatic rings. The van der Waals surface area contributed by atoms with E-state index in [9.17, 15) is 8.42 Å². The Hall–Kier alpha value is -2.23. The first-order valence-electron chi connectivity index (χ1n) is 5.90. The minimum atomic E-state index is -3.77. The molecular formula is C14H12ClN3O2S. The van der Waals surface area contributed by atoms with E-state index < -0.39 is 10.0 Å². The molecule has 2 rings (SSSR count). The lowest BCUT2D eigenvalue weighted by Gasteiger charge is -2.21. The van der Waals surface area contributed by atoms with Crippen molar-refractivity contribution in [3.05, 3.63) is 53.1 Å². The first-order chi connectivity index (χ1) is 9.86. The number of nitrogens with two attached hydrogens (primary N) is 1. The molecule has 0 spiro atoms. The van der Waals surface area contributed by atoms with Crippen LogP contribution in [0.2, 0.25) is 5.02 Å². The van der Waals surface area contributed by atoms with E-state index in [0.29, 0.717) is 22.0 Å². The van der Waals surface area contributed by atoms with Crippen molar-refractivity contribution in [1.82, 2.24) is 0 Å². The summed E-state index contributed by atoms with van der Waals surface area (Å²) in [7, 11) is -2.37. The lowest BCUT2D eigenvalue weighted by molar-refractivity contribution is 0.594. The van der Waals surface area contributed by atoms with Gasteiger partial charge in [0.05, 0.1) is 27.9 Å². The van der Waals surface area contributed by atoms with E-state index >= 15 is 0 Å². The quantitative estimate of drug-likeness (QED) is 0.880. The molecule has 2 N–H and O–H groups in total. The Bertz CT molecular complexity index is 811. The van der Waals surface area contributed by atoms with Crippen molar-refractivity contribution in [2.24, 2.45) is 0 Å². The molecule has 21 heavy (non-hydrogen) atoms. The summed E-state index contributed by atoms with van der Waals surface area (Å²) in [6.07, 6.45) is 0. The monoisotopic (exact) mass is 321 g/mol. The van der Waals surface area contributed by atoms with Crippen LogP contribution in [0.3, 0.4) is 0 Å². The molecule has 108 valence electrons. The molecule has 0 amide bonds. The molecule has 0 radical (unpaired) electrons. The van der Waals surface area contributed by atoms with Gasteiger partial charge in [0.25, 0.3) is 10.0 Å². The van der Waals surface area contributed by atoms with E-state index in [2.05, 4.69) is 0 Å². The van der Waals surface area contributed by atoms with Crippen LogP contribution in [0, 0.1) is 11.3 Å². The Balaban J connectivity index is 2.47. The molecule has 0 atom stereocenters. The first kappa shape index (κ1) is 15.2. The second kappa shape index (κ2) is 5.64. The Morgan fingerprint density at radius 2 is 1.81 bits per heavy atom. The largest absolute Gasteiger partial charge is 0.397 e. The van der Waals surface area contributed by atoms with Crippen molar-refractivity contribution < 1.29 is 8.42 Å². The van der Waals surface area contributed by atoms with Gasteiger partial charge in [0.15, 0.2) is 0 Å². The van der Waals surface area contributed by atoms with Gasteiger partial charge in [-0.15, -0.1) is 0 Å². The predicted octanol–water partition coefficient (Wildman–Crippen LogP) is 2.62. The molecule has 0 unspecified atom stereocenters. The molecule has 0 aliphatic rings. The highest BCUT2D eigenvalue weighted by Crippen LogP contribution is 2.30. The van der Waals surface area contributed by atoms with Crippen molar-refractivity contribution in [2.45, 2.75) is 4.90 Å². The first-order valence-corrected chi connectivity index (χ1v) is 7.72. The minimum absolute atomic E-state index is 0.0726. The summed E-state index contributed by atoms with van der Waals surface area (Å²) >= 11 is 5.88. The number of benzene rings is 2. The maximum atomic E-state index is 12.5. The Morgan fingerprint density at radius 3 is 2.38 bits per heavy atom. The number of anilines is 2. The topological polar surface area (TPSA) is 87.2 Å². The Labute approximate surface area is 128 Å². The third-order valence-electron chi connectivity index (χ3n) is 2.97. The highest BCUT2D eigenvalue weighted by molar-refractivity contribution is 7.92. The Morgan fingerprint density at radius 1 is 1.19 bits per heavy atom. The van der Waals surface area contributed by atoms with E-state index in [0.717, 1.165) is 4.31 Å². The smallest absolute Gasteiger partial charge is 0.264 e. The van der Waals surface area contributed by atoms with Crippen LogP contribution in [0.25, 0.3) is 0 Å². The van der Waals surface area contributed by atoms with Crippen molar-refractivity contribution >= 4 is 33.0 Å². The fourth-order valence-corrected chi connectivity index (χ4v) is 3.16. The van der Waals surface area contributed by atoms with Crippen LogP contribution in [0.4, 0.5) is 11.4 Å². The van der Waals surface area contributed by atoms with Gasteiger partial charge in [0, 0.05) is 12.1 Å². The number of hydrogen-bond acceptors (Lipinski definition) is 4. The van der Waals surface area contributed by atoms with Gasteiger partial charge in [-0.05, 0) is 42.5 Å². The van der Waals surface area contributed by atoms with Crippen molar-refractivity contribution in [2.75, 3.05) is 17.1 Å². The maximum absolute atomic E-state index is 12.5. The van der Waals surface area contributed by atoms with Crippen LogP contribution < -0.4 is 10.0 Å². The van der Waals surface area contributed by atoms with E-state index in [4.69, 9.17) is 22.6 Å².